The van der Waals surface area contributed by atoms with Crippen molar-refractivity contribution in [1.82, 2.24) is 5.32 Å². The molecule has 162 valence electrons. The molecular weight excluding hydrogens is 408 g/mol. The Balaban J connectivity index is 1.91. The van der Waals surface area contributed by atoms with Gasteiger partial charge >= 0.3 is 0 Å². The lowest BCUT2D eigenvalue weighted by Gasteiger charge is -2.16. The van der Waals surface area contributed by atoms with E-state index in [9.17, 15) is 13.2 Å². The average Bonchev–Trinajstić information content (AvgIpc) is 3.58. The van der Waals surface area contributed by atoms with Crippen molar-refractivity contribution in [2.75, 3.05) is 26.1 Å². The smallest absolute Gasteiger partial charge is 0.265 e. The molecule has 2 aromatic rings. The Bertz CT molecular complexity index is 1010. The number of carbonyl (C=O) groups is 1. The summed E-state index contributed by atoms with van der Waals surface area (Å²) < 4.78 is 44.3. The van der Waals surface area contributed by atoms with E-state index in [1.165, 1.54) is 45.6 Å². The van der Waals surface area contributed by atoms with E-state index >= 15 is 0 Å². The predicted octanol–water partition coefficient (Wildman–Crippen LogP) is 3.04. The summed E-state index contributed by atoms with van der Waals surface area (Å²) >= 11 is 0. The zero-order valence-electron chi connectivity index (χ0n) is 17.4. The van der Waals surface area contributed by atoms with Crippen LogP contribution < -0.4 is 24.2 Å². The van der Waals surface area contributed by atoms with Gasteiger partial charge in [0.05, 0.1) is 27.0 Å². The second-order valence-electron chi connectivity index (χ2n) is 7.17. The predicted molar refractivity (Wildman–Crippen MR) is 113 cm³/mol. The number of rotatable bonds is 9. The van der Waals surface area contributed by atoms with Crippen molar-refractivity contribution in [1.29, 1.82) is 0 Å². The van der Waals surface area contributed by atoms with E-state index in [4.69, 9.17) is 14.2 Å². The fraction of sp³-hybridized carbons (Fsp3) is 0.381. The molecule has 0 saturated heterocycles. The fourth-order valence-corrected chi connectivity index (χ4v) is 4.35. The lowest BCUT2D eigenvalue weighted by molar-refractivity contribution is 0.0935. The number of benzene rings is 2. The highest BCUT2D eigenvalue weighted by Gasteiger charge is 2.29. The Kier molecular flexibility index (Phi) is 6.40. The molecule has 0 aromatic heterocycles. The fourth-order valence-electron chi connectivity index (χ4n) is 3.11. The van der Waals surface area contributed by atoms with Crippen LogP contribution in [-0.4, -0.2) is 41.7 Å². The molecule has 1 aliphatic carbocycles. The molecule has 2 aromatic carbocycles. The average molecular weight is 435 g/mol. The number of ether oxygens (including phenoxy) is 3. The maximum atomic E-state index is 13.1. The molecule has 1 aliphatic rings. The number of hydrogen-bond acceptors (Lipinski definition) is 6. The van der Waals surface area contributed by atoms with Gasteiger partial charge in [-0.15, -0.1) is 0 Å². The highest BCUT2D eigenvalue weighted by Crippen LogP contribution is 2.33. The summed E-state index contributed by atoms with van der Waals surface area (Å²) in [6.45, 7) is 1.95. The number of nitrogens with one attached hydrogen (secondary N) is 2. The normalized spacial score (nSPS) is 14.5. The van der Waals surface area contributed by atoms with Crippen LogP contribution in [0.4, 0.5) is 5.69 Å². The van der Waals surface area contributed by atoms with Gasteiger partial charge in [-0.05, 0) is 43.9 Å². The quantitative estimate of drug-likeness (QED) is 0.629. The standard InChI is InChI=1S/C21H26N2O6S/c1-13(14-5-6-14)22-21(24)15-7-8-19(29-4)20(9-15)30(25,26)23-16-10-17(27-2)12-18(11-16)28-3/h7-14,23H,5-6H2,1-4H3,(H,22,24)/t13-/m1/s1. The minimum atomic E-state index is -4.06. The second kappa shape index (κ2) is 8.83. The van der Waals surface area contributed by atoms with Crippen molar-refractivity contribution >= 4 is 21.6 Å². The summed E-state index contributed by atoms with van der Waals surface area (Å²) in [5.41, 5.74) is 0.498. The van der Waals surface area contributed by atoms with E-state index in [2.05, 4.69) is 10.0 Å². The van der Waals surface area contributed by atoms with Crippen LogP contribution in [0.25, 0.3) is 0 Å². The Morgan fingerprint density at radius 3 is 2.17 bits per heavy atom. The van der Waals surface area contributed by atoms with E-state index in [0.29, 0.717) is 17.4 Å². The molecule has 2 N–H and O–H groups in total. The maximum Gasteiger partial charge on any atom is 0.265 e. The van der Waals surface area contributed by atoms with Crippen molar-refractivity contribution < 1.29 is 27.4 Å². The third-order valence-corrected chi connectivity index (χ3v) is 6.41. The van der Waals surface area contributed by atoms with Crippen LogP contribution >= 0.6 is 0 Å². The van der Waals surface area contributed by atoms with Crippen LogP contribution in [0.15, 0.2) is 41.3 Å². The van der Waals surface area contributed by atoms with Crippen molar-refractivity contribution in [3.63, 3.8) is 0 Å². The van der Waals surface area contributed by atoms with Gasteiger partial charge in [0.1, 0.15) is 22.1 Å². The van der Waals surface area contributed by atoms with E-state index in [1.54, 1.807) is 12.1 Å². The van der Waals surface area contributed by atoms with Gasteiger partial charge < -0.3 is 19.5 Å². The number of carbonyl (C=O) groups excluding carboxylic acids is 1. The molecule has 0 unspecified atom stereocenters. The van der Waals surface area contributed by atoms with Gasteiger partial charge in [0.15, 0.2) is 0 Å². The highest BCUT2D eigenvalue weighted by atomic mass is 32.2. The number of anilines is 1. The van der Waals surface area contributed by atoms with Gasteiger partial charge in [-0.25, -0.2) is 8.42 Å². The summed E-state index contributed by atoms with van der Waals surface area (Å²) in [6, 6.07) is 9.06. The third kappa shape index (κ3) is 4.96. The Morgan fingerprint density at radius 1 is 1.00 bits per heavy atom. The van der Waals surface area contributed by atoms with Gasteiger partial charge in [-0.1, -0.05) is 0 Å². The van der Waals surface area contributed by atoms with Gasteiger partial charge in [0, 0.05) is 29.8 Å². The zero-order chi connectivity index (χ0) is 21.9. The van der Waals surface area contributed by atoms with Crippen LogP contribution in [0.1, 0.15) is 30.1 Å². The first-order valence-electron chi connectivity index (χ1n) is 9.52. The molecule has 1 fully saturated rings. The summed E-state index contributed by atoms with van der Waals surface area (Å²) in [5, 5.41) is 2.93. The van der Waals surface area contributed by atoms with E-state index < -0.39 is 10.0 Å². The molecule has 0 heterocycles. The van der Waals surface area contributed by atoms with Crippen molar-refractivity contribution in [2.24, 2.45) is 5.92 Å². The summed E-state index contributed by atoms with van der Waals surface area (Å²) in [4.78, 5) is 12.5. The summed E-state index contributed by atoms with van der Waals surface area (Å²) in [5.74, 6) is 1.16. The molecule has 1 atom stereocenters. The number of amides is 1. The van der Waals surface area contributed by atoms with Crippen LogP contribution in [0.2, 0.25) is 0 Å². The first kappa shape index (κ1) is 21.8. The molecule has 9 heteroatoms. The second-order valence-corrected chi connectivity index (χ2v) is 8.82. The van der Waals surface area contributed by atoms with Gasteiger partial charge in [-0.2, -0.15) is 0 Å². The van der Waals surface area contributed by atoms with Gasteiger partial charge in [0.25, 0.3) is 15.9 Å². The van der Waals surface area contributed by atoms with Crippen molar-refractivity contribution in [3.05, 3.63) is 42.0 Å². The topological polar surface area (TPSA) is 103 Å². The van der Waals surface area contributed by atoms with Crippen LogP contribution in [0.3, 0.4) is 0 Å². The maximum absolute atomic E-state index is 13.1. The Hall–Kier alpha value is -2.94. The Morgan fingerprint density at radius 2 is 1.63 bits per heavy atom. The molecule has 0 spiro atoms. The number of sulfonamides is 1. The lowest BCUT2D eigenvalue weighted by atomic mass is 10.1. The van der Waals surface area contributed by atoms with E-state index in [-0.39, 0.29) is 33.8 Å². The molecule has 0 aliphatic heterocycles. The summed E-state index contributed by atoms with van der Waals surface area (Å²) in [6.07, 6.45) is 2.19. The minimum Gasteiger partial charge on any atom is -0.497 e. The first-order chi connectivity index (χ1) is 14.3. The molecule has 8 nitrogen and oxygen atoms in total. The van der Waals surface area contributed by atoms with Crippen LogP contribution in [0.5, 0.6) is 17.2 Å². The van der Waals surface area contributed by atoms with Crippen molar-refractivity contribution in [3.8, 4) is 17.2 Å². The molecule has 0 bridgehead atoms. The number of hydrogen-bond donors (Lipinski definition) is 2. The highest BCUT2D eigenvalue weighted by molar-refractivity contribution is 7.92. The molecule has 1 amide bonds. The van der Waals surface area contributed by atoms with Crippen LogP contribution in [0, 0.1) is 5.92 Å². The molecule has 0 radical (unpaired) electrons. The number of methoxy groups -OCH3 is 3. The molecular formula is C21H26N2O6S. The van der Waals surface area contributed by atoms with Gasteiger partial charge in [-0.3, -0.25) is 9.52 Å². The summed E-state index contributed by atoms with van der Waals surface area (Å²) in [7, 11) is 0.258. The van der Waals surface area contributed by atoms with E-state index in [1.807, 2.05) is 6.92 Å². The lowest BCUT2D eigenvalue weighted by Crippen LogP contribution is -2.34. The van der Waals surface area contributed by atoms with E-state index in [0.717, 1.165) is 12.8 Å². The van der Waals surface area contributed by atoms with Crippen molar-refractivity contribution in [2.45, 2.75) is 30.7 Å². The van der Waals surface area contributed by atoms with Crippen LogP contribution in [-0.2, 0) is 10.0 Å². The Labute approximate surface area is 176 Å². The molecule has 30 heavy (non-hydrogen) atoms. The molecule has 3 rings (SSSR count). The molecule has 1 saturated carbocycles. The monoisotopic (exact) mass is 434 g/mol. The first-order valence-corrected chi connectivity index (χ1v) is 11.0. The largest absolute Gasteiger partial charge is 0.497 e. The zero-order valence-corrected chi connectivity index (χ0v) is 18.2. The third-order valence-electron chi connectivity index (χ3n) is 5.01. The SMILES string of the molecule is COc1cc(NS(=O)(=O)c2cc(C(=O)N[C@H](C)C3CC3)ccc2OC)cc(OC)c1. The van der Waals surface area contributed by atoms with Gasteiger partial charge in [0.2, 0.25) is 0 Å². The minimum absolute atomic E-state index is 0.0435.